The number of hydrogen-bond acceptors (Lipinski definition) is 3. The molecule has 0 aliphatic heterocycles. The number of aliphatic hydroxyl groups excluding tert-OH is 1. The fraction of sp³-hybridized carbons (Fsp3) is 1.00. The monoisotopic (exact) mass is 176 g/mol. The summed E-state index contributed by atoms with van der Waals surface area (Å²) in [6.07, 6.45) is 5.40. The van der Waals surface area contributed by atoms with E-state index in [1.807, 2.05) is 0 Å². The van der Waals surface area contributed by atoms with Crippen molar-refractivity contribution in [3.05, 3.63) is 4.91 Å². The van der Waals surface area contributed by atoms with E-state index in [1.165, 1.54) is 12.8 Å². The highest BCUT2D eigenvalue weighted by Gasteiger charge is 1.99. The average Bonchev–Trinajstić information content (AvgIpc) is 2.03. The molecule has 1 unspecified atom stereocenters. The van der Waals surface area contributed by atoms with Crippen molar-refractivity contribution in [2.45, 2.75) is 52.1 Å². The van der Waals surface area contributed by atoms with Gasteiger partial charge in [0.25, 0.3) is 0 Å². The Balaban J connectivity index is 0. The van der Waals surface area contributed by atoms with E-state index in [9.17, 15) is 5.11 Å². The summed E-state index contributed by atoms with van der Waals surface area (Å²) in [5.74, 6) is 3.92. The summed E-state index contributed by atoms with van der Waals surface area (Å²) in [4.78, 5) is 8.33. The minimum Gasteiger partial charge on any atom is -0.393 e. The smallest absolute Gasteiger partial charge is 0.0540 e. The molecule has 0 saturated carbocycles. The van der Waals surface area contributed by atoms with E-state index >= 15 is 0 Å². The molecule has 0 aliphatic rings. The molecule has 0 amide bonds. The Kier molecular flexibility index (Phi) is 15.1. The summed E-state index contributed by atoms with van der Waals surface area (Å²) >= 11 is 0. The van der Waals surface area contributed by atoms with Gasteiger partial charge in [0.05, 0.1) is 6.10 Å². The van der Waals surface area contributed by atoms with Crippen molar-refractivity contribution in [2.75, 3.05) is 0 Å². The predicted molar refractivity (Wildman–Crippen MR) is 50.4 cm³/mol. The lowest BCUT2D eigenvalue weighted by Gasteiger charge is -2.06. The number of rotatable bonds is 5. The van der Waals surface area contributed by atoms with Crippen molar-refractivity contribution in [3.63, 3.8) is 0 Å². The van der Waals surface area contributed by atoms with E-state index in [-0.39, 0.29) is 6.10 Å². The molecule has 0 aromatic carbocycles. The average molecular weight is 176 g/mol. The molecule has 0 aromatic heterocycles. The van der Waals surface area contributed by atoms with Crippen LogP contribution in [-0.4, -0.2) is 11.2 Å². The van der Waals surface area contributed by atoms with Crippen LogP contribution in [0.2, 0.25) is 0 Å². The van der Waals surface area contributed by atoms with Gasteiger partial charge in [-0.1, -0.05) is 33.1 Å². The predicted octanol–water partition coefficient (Wildman–Crippen LogP) is 1.96. The van der Waals surface area contributed by atoms with E-state index < -0.39 is 0 Å². The Morgan fingerprint density at radius 1 is 1.33 bits per heavy atom. The first-order chi connectivity index (χ1) is 5.72. The Labute approximate surface area is 74.1 Å². The Morgan fingerprint density at radius 3 is 2.17 bits per heavy atom. The molecule has 4 heteroatoms. The fourth-order valence-electron chi connectivity index (χ4n) is 0.917. The van der Waals surface area contributed by atoms with E-state index in [1.54, 1.807) is 5.29 Å². The Bertz CT molecular complexity index is 89.1. The lowest BCUT2D eigenvalue weighted by molar-refractivity contribution is 0.150. The van der Waals surface area contributed by atoms with Crippen molar-refractivity contribution in [1.29, 1.82) is 0 Å². The number of unbranched alkanes of at least 4 members (excludes halogenated alkanes) is 1. The molecule has 0 saturated heterocycles. The van der Waals surface area contributed by atoms with Gasteiger partial charge in [-0.25, -0.2) is 0 Å². The third kappa shape index (κ3) is 16.2. The maximum absolute atomic E-state index is 9.18. The van der Waals surface area contributed by atoms with Crippen LogP contribution in [0.4, 0.5) is 0 Å². The highest BCUT2D eigenvalue weighted by molar-refractivity contribution is 4.52. The van der Waals surface area contributed by atoms with Gasteiger partial charge in [0, 0.05) is 5.29 Å². The number of nitrogens with two attached hydrogens (primary N) is 1. The van der Waals surface area contributed by atoms with Crippen LogP contribution in [0, 0.1) is 4.91 Å². The van der Waals surface area contributed by atoms with Gasteiger partial charge in [0.1, 0.15) is 0 Å². The summed E-state index contributed by atoms with van der Waals surface area (Å²) in [5.41, 5.74) is 0. The minimum absolute atomic E-state index is 0.0325. The molecule has 0 rings (SSSR count). The van der Waals surface area contributed by atoms with Crippen LogP contribution in [0.25, 0.3) is 0 Å². The first kappa shape index (κ1) is 13.9. The Hall–Kier alpha value is -0.640. The van der Waals surface area contributed by atoms with Crippen molar-refractivity contribution < 1.29 is 5.11 Å². The van der Waals surface area contributed by atoms with Crippen LogP contribution in [0.1, 0.15) is 46.0 Å². The minimum atomic E-state index is -0.0325. The zero-order valence-corrected chi connectivity index (χ0v) is 7.99. The van der Waals surface area contributed by atoms with Crippen LogP contribution in [0.15, 0.2) is 5.29 Å². The standard InChI is InChI=1S/C8H18O.H2N2O/c1-3-5-7-8(9)6-4-2;1-2-3/h8-9H,3-7H2,1-2H3;(H2,1,3). The van der Waals surface area contributed by atoms with Gasteiger partial charge in [-0.3, -0.25) is 5.84 Å². The first-order valence-corrected chi connectivity index (χ1v) is 4.43. The number of hydrogen-bond donors (Lipinski definition) is 2. The maximum atomic E-state index is 9.18. The second-order valence-electron chi connectivity index (χ2n) is 2.69. The second-order valence-corrected chi connectivity index (χ2v) is 2.69. The third-order valence-corrected chi connectivity index (χ3v) is 1.51. The SMILES string of the molecule is CCCCC(O)CCC.NN=O. The molecule has 4 nitrogen and oxygen atoms in total. The van der Waals surface area contributed by atoms with Gasteiger partial charge >= 0.3 is 0 Å². The molecular weight excluding hydrogens is 156 g/mol. The molecule has 0 heterocycles. The first-order valence-electron chi connectivity index (χ1n) is 4.43. The number of aliphatic hydroxyl groups is 1. The van der Waals surface area contributed by atoms with E-state index in [4.69, 9.17) is 4.91 Å². The maximum Gasteiger partial charge on any atom is 0.0540 e. The quantitative estimate of drug-likeness (QED) is 0.382. The molecule has 0 spiro atoms. The molecule has 0 bridgehead atoms. The highest BCUT2D eigenvalue weighted by atomic mass is 16.3. The van der Waals surface area contributed by atoms with E-state index in [0.717, 1.165) is 19.3 Å². The van der Waals surface area contributed by atoms with Crippen LogP contribution in [0.3, 0.4) is 0 Å². The van der Waals surface area contributed by atoms with E-state index in [2.05, 4.69) is 19.7 Å². The molecule has 0 fully saturated rings. The zero-order chi connectivity index (χ0) is 9.82. The normalized spacial score (nSPS) is 11.2. The van der Waals surface area contributed by atoms with Gasteiger partial charge in [-0.15, -0.1) is 4.91 Å². The molecule has 12 heavy (non-hydrogen) atoms. The molecule has 0 aromatic rings. The van der Waals surface area contributed by atoms with Gasteiger partial charge in [-0.2, -0.15) is 0 Å². The lowest BCUT2D eigenvalue weighted by Crippen LogP contribution is -2.04. The third-order valence-electron chi connectivity index (χ3n) is 1.51. The van der Waals surface area contributed by atoms with Crippen molar-refractivity contribution >= 4 is 0 Å². The van der Waals surface area contributed by atoms with Crippen molar-refractivity contribution in [3.8, 4) is 0 Å². The highest BCUT2D eigenvalue weighted by Crippen LogP contribution is 2.05. The molecule has 3 N–H and O–H groups in total. The summed E-state index contributed by atoms with van der Waals surface area (Å²) in [5, 5.41) is 10.9. The molecule has 0 aliphatic carbocycles. The second kappa shape index (κ2) is 13.0. The summed E-state index contributed by atoms with van der Waals surface area (Å²) < 4.78 is 0. The van der Waals surface area contributed by atoms with Gasteiger partial charge in [0.2, 0.25) is 0 Å². The van der Waals surface area contributed by atoms with Crippen LogP contribution >= 0.6 is 0 Å². The fourth-order valence-corrected chi connectivity index (χ4v) is 0.917. The van der Waals surface area contributed by atoms with Crippen LogP contribution in [-0.2, 0) is 0 Å². The topological polar surface area (TPSA) is 75.7 Å². The number of nitroso groups, excluding NO2 is 1. The van der Waals surface area contributed by atoms with Gasteiger partial charge in [-0.05, 0) is 12.8 Å². The lowest BCUT2D eigenvalue weighted by atomic mass is 10.1. The largest absolute Gasteiger partial charge is 0.393 e. The zero-order valence-electron chi connectivity index (χ0n) is 7.99. The van der Waals surface area contributed by atoms with Crippen LogP contribution < -0.4 is 5.84 Å². The molecule has 1 atom stereocenters. The molecule has 74 valence electrons. The molecular formula is C8H20N2O2. The molecule has 0 radical (unpaired) electrons. The van der Waals surface area contributed by atoms with E-state index in [0.29, 0.717) is 0 Å². The number of nitrogens with zero attached hydrogens (tertiary/aromatic N) is 1. The summed E-state index contributed by atoms with van der Waals surface area (Å²) in [6, 6.07) is 0. The Morgan fingerprint density at radius 2 is 1.83 bits per heavy atom. The van der Waals surface area contributed by atoms with Gasteiger partial charge < -0.3 is 5.11 Å². The summed E-state index contributed by atoms with van der Waals surface area (Å²) in [7, 11) is 0. The summed E-state index contributed by atoms with van der Waals surface area (Å²) in [6.45, 7) is 4.26. The van der Waals surface area contributed by atoms with Crippen LogP contribution in [0.5, 0.6) is 0 Å². The van der Waals surface area contributed by atoms with Gasteiger partial charge in [0.15, 0.2) is 0 Å². The van der Waals surface area contributed by atoms with Crippen molar-refractivity contribution in [2.24, 2.45) is 11.1 Å². The van der Waals surface area contributed by atoms with Crippen molar-refractivity contribution in [1.82, 2.24) is 0 Å².